The highest BCUT2D eigenvalue weighted by Crippen LogP contribution is 2.45. The van der Waals surface area contributed by atoms with Gasteiger partial charge in [-0.1, -0.05) is 97.1 Å². The fourth-order valence-corrected chi connectivity index (χ4v) is 9.09. The van der Waals surface area contributed by atoms with Gasteiger partial charge in [0.1, 0.15) is 0 Å². The van der Waals surface area contributed by atoms with Crippen LogP contribution in [0.1, 0.15) is 0 Å². The number of hydrogen-bond acceptors (Lipinski definition) is 4. The third-order valence-corrected chi connectivity index (χ3v) is 10.5. The lowest BCUT2D eigenvalue weighted by molar-refractivity contribution is 0.579. The fourth-order valence-electron chi connectivity index (χ4n) is 5.34. The molecular formula is C28H17NO4S2. The van der Waals surface area contributed by atoms with Gasteiger partial charge in [0, 0.05) is 21.9 Å². The summed E-state index contributed by atoms with van der Waals surface area (Å²) in [6.07, 6.45) is 0. The number of hydrogen-bond donors (Lipinski definition) is 1. The summed E-state index contributed by atoms with van der Waals surface area (Å²) in [6.45, 7) is 0. The van der Waals surface area contributed by atoms with E-state index in [0.717, 1.165) is 32.3 Å². The maximum absolute atomic E-state index is 13.7. The molecule has 0 fully saturated rings. The van der Waals surface area contributed by atoms with Gasteiger partial charge >= 0.3 is 0 Å². The Kier molecular flexibility index (Phi) is 4.05. The van der Waals surface area contributed by atoms with Crippen molar-refractivity contribution in [3.05, 3.63) is 97.1 Å². The van der Waals surface area contributed by atoms with E-state index in [1.54, 1.807) is 12.1 Å². The van der Waals surface area contributed by atoms with Gasteiger partial charge in [-0.3, -0.25) is 0 Å². The van der Waals surface area contributed by atoms with Crippen LogP contribution in [0.25, 0.3) is 54.2 Å². The van der Waals surface area contributed by atoms with Crippen molar-refractivity contribution in [3.63, 3.8) is 0 Å². The Hall–Kier alpha value is -3.78. The third kappa shape index (κ3) is 2.83. The predicted molar refractivity (Wildman–Crippen MR) is 139 cm³/mol. The summed E-state index contributed by atoms with van der Waals surface area (Å²) in [5.74, 6) is 0. The van der Waals surface area contributed by atoms with Crippen LogP contribution in [-0.4, -0.2) is 16.8 Å². The van der Waals surface area contributed by atoms with Gasteiger partial charge < -0.3 is 0 Å². The lowest BCUT2D eigenvalue weighted by atomic mass is 9.94. The zero-order valence-corrected chi connectivity index (χ0v) is 19.8. The largest absolute Gasteiger partial charge is 0.255 e. The first-order valence-corrected chi connectivity index (χ1v) is 14.0. The summed E-state index contributed by atoms with van der Waals surface area (Å²) in [5.41, 5.74) is 0.736. The first-order chi connectivity index (χ1) is 16.9. The molecule has 1 aliphatic rings. The van der Waals surface area contributed by atoms with Crippen LogP contribution in [0.15, 0.2) is 107 Å². The molecule has 0 aromatic heterocycles. The number of rotatable bonds is 0. The van der Waals surface area contributed by atoms with E-state index in [-0.39, 0.29) is 9.79 Å². The quantitative estimate of drug-likeness (QED) is 0.264. The predicted octanol–water partition coefficient (Wildman–Crippen LogP) is 5.95. The summed E-state index contributed by atoms with van der Waals surface area (Å²) >= 11 is 0. The van der Waals surface area contributed by atoms with Gasteiger partial charge in [-0.25, -0.2) is 16.8 Å². The maximum atomic E-state index is 13.7. The molecule has 35 heavy (non-hydrogen) atoms. The van der Waals surface area contributed by atoms with Crippen molar-refractivity contribution in [1.82, 2.24) is 4.13 Å². The number of fused-ring (bicyclic) bond motifs is 11. The molecule has 0 bridgehead atoms. The van der Waals surface area contributed by atoms with E-state index in [0.29, 0.717) is 21.9 Å². The Morgan fingerprint density at radius 3 is 1.26 bits per heavy atom. The average molecular weight is 496 g/mol. The number of nitrogens with one attached hydrogen (secondary N) is 1. The summed E-state index contributed by atoms with van der Waals surface area (Å²) in [5, 5.41) is 5.71. The Bertz CT molecular complexity index is 1960. The van der Waals surface area contributed by atoms with Crippen molar-refractivity contribution in [2.75, 3.05) is 0 Å². The van der Waals surface area contributed by atoms with Crippen LogP contribution >= 0.6 is 0 Å². The van der Waals surface area contributed by atoms with E-state index in [2.05, 4.69) is 4.13 Å². The highest BCUT2D eigenvalue weighted by Gasteiger charge is 2.37. The minimum Gasteiger partial charge on any atom is -0.206 e. The Morgan fingerprint density at radius 1 is 0.429 bits per heavy atom. The molecule has 170 valence electrons. The molecule has 0 unspecified atom stereocenters. The molecule has 7 rings (SSSR count). The molecule has 6 aromatic carbocycles. The molecule has 0 amide bonds. The normalized spacial score (nSPS) is 16.2. The van der Waals surface area contributed by atoms with E-state index in [1.165, 1.54) is 0 Å². The van der Waals surface area contributed by atoms with Crippen LogP contribution in [-0.2, 0) is 20.0 Å². The standard InChI is InChI=1S/C28H17NO4S2/c30-34(31)27-23(15-13-19-11-9-17-5-1-3-7-21(17)25(19)27)24-16-14-20-12-10-18-6-2-4-8-22(18)26(20)28(24)35(32,33)29-34/h1-16,29H. The molecule has 1 heterocycles. The zero-order chi connectivity index (χ0) is 23.9. The van der Waals surface area contributed by atoms with Crippen LogP contribution < -0.4 is 4.13 Å². The molecule has 6 aromatic rings. The van der Waals surface area contributed by atoms with Gasteiger partial charge in [-0.15, -0.1) is 4.13 Å². The maximum Gasteiger partial charge on any atom is 0.255 e. The summed E-state index contributed by atoms with van der Waals surface area (Å²) < 4.78 is 57.0. The smallest absolute Gasteiger partial charge is 0.206 e. The van der Waals surface area contributed by atoms with Crippen LogP contribution in [0.5, 0.6) is 0 Å². The zero-order valence-electron chi connectivity index (χ0n) is 18.2. The van der Waals surface area contributed by atoms with Gasteiger partial charge in [0.15, 0.2) is 0 Å². The summed E-state index contributed by atoms with van der Waals surface area (Å²) in [4.78, 5) is -0.0394. The molecule has 7 heteroatoms. The van der Waals surface area contributed by atoms with E-state index < -0.39 is 20.0 Å². The lowest BCUT2D eigenvalue weighted by Gasteiger charge is -2.14. The van der Waals surface area contributed by atoms with Crippen molar-refractivity contribution in [3.8, 4) is 11.1 Å². The van der Waals surface area contributed by atoms with Gasteiger partial charge in [0.2, 0.25) is 0 Å². The van der Waals surface area contributed by atoms with Crippen molar-refractivity contribution in [1.29, 1.82) is 0 Å². The Morgan fingerprint density at radius 2 is 0.800 bits per heavy atom. The molecule has 0 aliphatic carbocycles. The second-order valence-electron chi connectivity index (χ2n) is 8.74. The number of benzene rings is 6. The fraction of sp³-hybridized carbons (Fsp3) is 0. The molecule has 0 saturated heterocycles. The van der Waals surface area contributed by atoms with E-state index >= 15 is 0 Å². The van der Waals surface area contributed by atoms with Crippen LogP contribution in [0.4, 0.5) is 0 Å². The van der Waals surface area contributed by atoms with Crippen molar-refractivity contribution in [2.45, 2.75) is 9.79 Å². The molecule has 5 nitrogen and oxygen atoms in total. The van der Waals surface area contributed by atoms with Gasteiger partial charge in [0.05, 0.1) is 9.79 Å². The van der Waals surface area contributed by atoms with Gasteiger partial charge in [0.25, 0.3) is 20.0 Å². The highest BCUT2D eigenvalue weighted by molar-refractivity contribution is 8.05. The second-order valence-corrected chi connectivity index (χ2v) is 12.2. The molecule has 1 N–H and O–H groups in total. The molecule has 1 aliphatic heterocycles. The highest BCUT2D eigenvalue weighted by atomic mass is 32.3. The van der Waals surface area contributed by atoms with E-state index in [9.17, 15) is 16.8 Å². The van der Waals surface area contributed by atoms with Crippen molar-refractivity contribution < 1.29 is 16.8 Å². The molecule has 0 radical (unpaired) electrons. The van der Waals surface area contributed by atoms with Gasteiger partial charge in [-0.05, 0) is 32.3 Å². The topological polar surface area (TPSA) is 80.3 Å². The van der Waals surface area contributed by atoms with Gasteiger partial charge in [-0.2, -0.15) is 0 Å². The van der Waals surface area contributed by atoms with Crippen LogP contribution in [0.3, 0.4) is 0 Å². The Balaban J connectivity index is 1.76. The minimum atomic E-state index is -4.43. The second kappa shape index (κ2) is 6.88. The molecule has 0 spiro atoms. The SMILES string of the molecule is O=S1(=O)NS(=O)(=O)c2c(ccc3ccc4ccccc4c23)-c2ccc3ccc4ccccc4c3c21. The Labute approximate surface area is 201 Å². The van der Waals surface area contributed by atoms with Crippen molar-refractivity contribution in [2.24, 2.45) is 0 Å². The first kappa shape index (κ1) is 20.6. The molecule has 0 atom stereocenters. The lowest BCUT2D eigenvalue weighted by Crippen LogP contribution is -2.29. The summed E-state index contributed by atoms with van der Waals surface area (Å²) in [6, 6.07) is 29.7. The monoisotopic (exact) mass is 495 g/mol. The van der Waals surface area contributed by atoms with Crippen LogP contribution in [0.2, 0.25) is 0 Å². The average Bonchev–Trinajstić information content (AvgIpc) is 2.93. The van der Waals surface area contributed by atoms with Crippen molar-refractivity contribution >= 4 is 63.1 Å². The molecular weight excluding hydrogens is 478 g/mol. The minimum absolute atomic E-state index is 0.0197. The van der Waals surface area contributed by atoms with E-state index in [4.69, 9.17) is 0 Å². The third-order valence-electron chi connectivity index (χ3n) is 6.77. The van der Waals surface area contributed by atoms with Crippen LogP contribution in [0, 0.1) is 0 Å². The summed E-state index contributed by atoms with van der Waals surface area (Å²) in [7, 11) is -8.86. The van der Waals surface area contributed by atoms with E-state index in [1.807, 2.05) is 84.9 Å². The molecule has 0 saturated carbocycles. The number of sulfonamides is 2. The first-order valence-electron chi connectivity index (χ1n) is 11.0.